The molecule has 0 radical (unpaired) electrons. The van der Waals surface area contributed by atoms with Crippen molar-refractivity contribution < 1.29 is 28.1 Å². The summed E-state index contributed by atoms with van der Waals surface area (Å²) in [6.45, 7) is 2.20. The fourth-order valence-electron chi connectivity index (χ4n) is 3.38. The van der Waals surface area contributed by atoms with Gasteiger partial charge in [-0.1, -0.05) is 18.2 Å². The summed E-state index contributed by atoms with van der Waals surface area (Å²) in [6, 6.07) is 8.65. The van der Waals surface area contributed by atoms with Crippen LogP contribution in [0.5, 0.6) is 5.75 Å². The van der Waals surface area contributed by atoms with E-state index in [1.165, 1.54) is 13.4 Å². The Morgan fingerprint density at radius 2 is 2.06 bits per heavy atom. The molecule has 1 saturated heterocycles. The molecule has 2 aromatic heterocycles. The highest BCUT2D eigenvalue weighted by Crippen LogP contribution is 2.46. The lowest BCUT2D eigenvalue weighted by Crippen LogP contribution is -2.65. The van der Waals surface area contributed by atoms with Crippen LogP contribution in [0.4, 0.5) is 5.82 Å². The molecule has 3 heterocycles. The van der Waals surface area contributed by atoms with E-state index in [-0.39, 0.29) is 25.4 Å². The Balaban J connectivity index is 1.49. The third kappa shape index (κ3) is 4.98. The Labute approximate surface area is 189 Å². The van der Waals surface area contributed by atoms with E-state index in [0.717, 1.165) is 0 Å². The maximum atomic E-state index is 13.8. The molecule has 12 nitrogen and oxygen atoms in total. The maximum absolute atomic E-state index is 13.8. The number of imidazole rings is 1. The normalized spacial score (nSPS) is 17.6. The fraction of sp³-hybridized carbons (Fsp3) is 0.400. The lowest BCUT2D eigenvalue weighted by atomic mass is 10.00. The van der Waals surface area contributed by atoms with Gasteiger partial charge in [0, 0.05) is 0 Å². The van der Waals surface area contributed by atoms with Crippen molar-refractivity contribution in [3.63, 3.8) is 0 Å². The van der Waals surface area contributed by atoms with Crippen molar-refractivity contribution in [3.05, 3.63) is 43.0 Å². The van der Waals surface area contributed by atoms with Crippen molar-refractivity contribution in [2.45, 2.75) is 25.1 Å². The smallest absolute Gasteiger partial charge is 0.343 e. The minimum absolute atomic E-state index is 0.0134. The molecular weight excluding hydrogens is 451 g/mol. The number of carbonyl (C=O) groups is 1. The highest BCUT2D eigenvalue weighted by atomic mass is 31.2. The predicted molar refractivity (Wildman–Crippen MR) is 119 cm³/mol. The SMILES string of the molecule is COC(=O)C1(NP(=O)(CO[C@H](C)Cn2cnc3c(N)ncnc32)Oc2ccccc2)COC1. The number of methoxy groups -OCH3 is 1. The quantitative estimate of drug-likeness (QED) is 0.324. The molecule has 0 spiro atoms. The van der Waals surface area contributed by atoms with Crippen LogP contribution in [0.25, 0.3) is 11.2 Å². The van der Waals surface area contributed by atoms with Gasteiger partial charge in [-0.3, -0.25) is 4.57 Å². The van der Waals surface area contributed by atoms with Crippen LogP contribution >= 0.6 is 7.52 Å². The summed E-state index contributed by atoms with van der Waals surface area (Å²) in [5, 5.41) is 2.85. The van der Waals surface area contributed by atoms with Gasteiger partial charge in [-0.25, -0.2) is 24.8 Å². The van der Waals surface area contributed by atoms with Crippen molar-refractivity contribution in [2.24, 2.45) is 0 Å². The molecule has 33 heavy (non-hydrogen) atoms. The summed E-state index contributed by atoms with van der Waals surface area (Å²) in [6.07, 6.45) is 2.25. The number of hydrogen-bond acceptors (Lipinski definition) is 10. The van der Waals surface area contributed by atoms with Gasteiger partial charge >= 0.3 is 13.5 Å². The van der Waals surface area contributed by atoms with E-state index in [1.54, 1.807) is 35.2 Å². The molecule has 3 aromatic rings. The van der Waals surface area contributed by atoms with Crippen LogP contribution in [-0.4, -0.2) is 63.8 Å². The minimum atomic E-state index is -3.72. The van der Waals surface area contributed by atoms with Crippen LogP contribution in [0.15, 0.2) is 43.0 Å². The number of nitrogen functional groups attached to an aromatic ring is 1. The Bertz CT molecular complexity index is 1170. The molecule has 1 unspecified atom stereocenters. The van der Waals surface area contributed by atoms with Crippen molar-refractivity contribution >= 4 is 30.5 Å². The van der Waals surface area contributed by atoms with Gasteiger partial charge in [0.25, 0.3) is 0 Å². The zero-order valence-electron chi connectivity index (χ0n) is 18.2. The molecule has 0 amide bonds. The molecule has 0 saturated carbocycles. The van der Waals surface area contributed by atoms with Gasteiger partial charge in [-0.2, -0.15) is 0 Å². The predicted octanol–water partition coefficient (Wildman–Crippen LogP) is 1.57. The molecule has 0 bridgehead atoms. The van der Waals surface area contributed by atoms with E-state index in [4.69, 9.17) is 24.5 Å². The topological polar surface area (TPSA) is 153 Å². The third-order valence-electron chi connectivity index (χ3n) is 5.07. The first-order valence-corrected chi connectivity index (χ1v) is 12.0. The summed E-state index contributed by atoms with van der Waals surface area (Å²) < 4.78 is 37.3. The van der Waals surface area contributed by atoms with Gasteiger partial charge in [0.1, 0.15) is 23.9 Å². The number of fused-ring (bicyclic) bond motifs is 1. The minimum Gasteiger partial charge on any atom is -0.467 e. The number of rotatable bonds is 10. The third-order valence-corrected chi connectivity index (χ3v) is 6.83. The Morgan fingerprint density at radius 1 is 1.30 bits per heavy atom. The number of aromatic nitrogens is 4. The Morgan fingerprint density at radius 3 is 2.73 bits per heavy atom. The van der Waals surface area contributed by atoms with Crippen LogP contribution in [0.1, 0.15) is 6.92 Å². The Hall–Kier alpha value is -3.05. The molecule has 176 valence electrons. The first-order chi connectivity index (χ1) is 15.8. The van der Waals surface area contributed by atoms with Crippen LogP contribution in [0, 0.1) is 0 Å². The highest BCUT2D eigenvalue weighted by molar-refractivity contribution is 7.57. The number of carbonyl (C=O) groups excluding carboxylic acids is 1. The number of esters is 1. The first kappa shape index (κ1) is 23.1. The number of nitrogens with zero attached hydrogens (tertiary/aromatic N) is 4. The average Bonchev–Trinajstić information content (AvgIpc) is 3.19. The number of hydrogen-bond donors (Lipinski definition) is 2. The lowest BCUT2D eigenvalue weighted by Gasteiger charge is -2.41. The summed E-state index contributed by atoms with van der Waals surface area (Å²) in [5.41, 5.74) is 5.63. The molecule has 1 aromatic carbocycles. The second kappa shape index (κ2) is 9.44. The van der Waals surface area contributed by atoms with Crippen molar-refractivity contribution in [3.8, 4) is 5.75 Å². The standard InChI is InChI=1S/C20H25N6O6P/c1-14(8-26-12-24-16-17(21)22-11-23-18(16)26)31-13-33(28,32-15-6-4-3-5-7-15)25-20(9-30-10-20)19(27)29-2/h3-7,11-12,14H,8-10,13H2,1-2H3,(H,25,28)(H2,21,22,23)/t14-,33?/m1/s1. The number of nitrogens with one attached hydrogen (secondary N) is 1. The molecule has 0 aliphatic carbocycles. The Kier molecular flexibility index (Phi) is 6.61. The number of ether oxygens (including phenoxy) is 3. The van der Waals surface area contributed by atoms with Crippen molar-refractivity contribution in [1.82, 2.24) is 24.6 Å². The van der Waals surface area contributed by atoms with Gasteiger partial charge in [0.2, 0.25) is 0 Å². The van der Waals surface area contributed by atoms with Gasteiger partial charge in [0.05, 0.1) is 39.3 Å². The largest absolute Gasteiger partial charge is 0.467 e. The monoisotopic (exact) mass is 476 g/mol. The second-order valence-corrected chi connectivity index (χ2v) is 9.70. The maximum Gasteiger partial charge on any atom is 0.343 e. The molecule has 13 heteroatoms. The lowest BCUT2D eigenvalue weighted by molar-refractivity contribution is -0.167. The van der Waals surface area contributed by atoms with Gasteiger partial charge in [0.15, 0.2) is 17.0 Å². The van der Waals surface area contributed by atoms with Gasteiger partial charge < -0.3 is 29.0 Å². The van der Waals surface area contributed by atoms with Gasteiger partial charge in [-0.05, 0) is 19.1 Å². The van der Waals surface area contributed by atoms with E-state index in [1.807, 2.05) is 13.0 Å². The molecule has 3 N–H and O–H groups in total. The van der Waals surface area contributed by atoms with Crippen LogP contribution in [0.2, 0.25) is 0 Å². The van der Waals surface area contributed by atoms with Crippen LogP contribution < -0.4 is 15.3 Å². The van der Waals surface area contributed by atoms with E-state index in [2.05, 4.69) is 20.0 Å². The zero-order valence-corrected chi connectivity index (χ0v) is 19.1. The molecule has 4 rings (SSSR count). The van der Waals surface area contributed by atoms with E-state index >= 15 is 0 Å². The van der Waals surface area contributed by atoms with Crippen LogP contribution in [-0.2, 0) is 30.1 Å². The highest BCUT2D eigenvalue weighted by Gasteiger charge is 2.52. The van der Waals surface area contributed by atoms with Crippen LogP contribution in [0.3, 0.4) is 0 Å². The summed E-state index contributed by atoms with van der Waals surface area (Å²) in [7, 11) is -2.46. The number of benzene rings is 1. The fourth-order valence-corrected chi connectivity index (χ4v) is 5.32. The number of para-hydroxylation sites is 1. The summed E-state index contributed by atoms with van der Waals surface area (Å²) in [4.78, 5) is 24.7. The van der Waals surface area contributed by atoms with E-state index in [9.17, 15) is 9.36 Å². The number of nitrogens with two attached hydrogens (primary N) is 1. The average molecular weight is 476 g/mol. The van der Waals surface area contributed by atoms with Gasteiger partial charge in [-0.15, -0.1) is 0 Å². The van der Waals surface area contributed by atoms with E-state index in [0.29, 0.717) is 23.5 Å². The summed E-state index contributed by atoms with van der Waals surface area (Å²) >= 11 is 0. The second-order valence-electron chi connectivity index (χ2n) is 7.69. The number of anilines is 1. The molecular formula is C20H25N6O6P. The first-order valence-electron chi connectivity index (χ1n) is 10.2. The van der Waals surface area contributed by atoms with E-state index < -0.39 is 25.1 Å². The van der Waals surface area contributed by atoms with Crippen molar-refractivity contribution in [2.75, 3.05) is 32.4 Å². The molecule has 1 aliphatic heterocycles. The van der Waals surface area contributed by atoms with Crippen molar-refractivity contribution in [1.29, 1.82) is 0 Å². The zero-order chi connectivity index (χ0) is 23.5. The molecule has 1 aliphatic rings. The summed E-state index contributed by atoms with van der Waals surface area (Å²) in [5.74, 6) is 0.0755. The molecule has 1 fully saturated rings. The molecule has 2 atom stereocenters.